The molecule has 0 aliphatic carbocycles. The van der Waals surface area contributed by atoms with E-state index in [0.717, 1.165) is 22.4 Å². The third kappa shape index (κ3) is 3.40. The van der Waals surface area contributed by atoms with Crippen molar-refractivity contribution in [1.82, 2.24) is 10.3 Å². The molecule has 5 nitrogen and oxygen atoms in total. The Labute approximate surface area is 140 Å². The zero-order chi connectivity index (χ0) is 16.9. The van der Waals surface area contributed by atoms with E-state index in [2.05, 4.69) is 10.3 Å². The van der Waals surface area contributed by atoms with Crippen LogP contribution in [0.15, 0.2) is 47.0 Å². The summed E-state index contributed by atoms with van der Waals surface area (Å²) in [7, 11) is 0. The van der Waals surface area contributed by atoms with Crippen molar-refractivity contribution in [2.75, 3.05) is 13.2 Å². The smallest absolute Gasteiger partial charge is 0.287 e. The molecule has 0 saturated heterocycles. The number of benzene rings is 1. The number of carbonyl (C=O) groups is 1. The highest BCUT2D eigenvalue weighted by Crippen LogP contribution is 2.28. The van der Waals surface area contributed by atoms with Crippen molar-refractivity contribution in [2.24, 2.45) is 0 Å². The Kier molecular flexibility index (Phi) is 4.79. The fourth-order valence-corrected chi connectivity index (χ4v) is 2.60. The highest BCUT2D eigenvalue weighted by molar-refractivity contribution is 5.99. The molecular weight excluding hydrogens is 304 g/mol. The number of fused-ring (bicyclic) bond motifs is 1. The summed E-state index contributed by atoms with van der Waals surface area (Å²) in [6, 6.07) is 11.3. The second-order valence-corrected chi connectivity index (χ2v) is 5.47. The average Bonchev–Trinajstić information content (AvgIpc) is 2.93. The van der Waals surface area contributed by atoms with Crippen molar-refractivity contribution < 1.29 is 13.9 Å². The Morgan fingerprint density at radius 2 is 2.17 bits per heavy atom. The fraction of sp³-hybridized carbons (Fsp3) is 0.263. The lowest BCUT2D eigenvalue weighted by molar-refractivity contribution is 0.0927. The number of nitrogens with zero attached hydrogens (tertiary/aromatic N) is 1. The van der Waals surface area contributed by atoms with Crippen LogP contribution in [0.4, 0.5) is 0 Å². The molecule has 0 aliphatic heterocycles. The van der Waals surface area contributed by atoms with Gasteiger partial charge >= 0.3 is 0 Å². The van der Waals surface area contributed by atoms with E-state index >= 15 is 0 Å². The summed E-state index contributed by atoms with van der Waals surface area (Å²) in [5.41, 5.74) is 2.45. The van der Waals surface area contributed by atoms with Crippen molar-refractivity contribution in [3.63, 3.8) is 0 Å². The first-order chi connectivity index (χ1) is 11.7. The maximum Gasteiger partial charge on any atom is 0.287 e. The third-order valence-electron chi connectivity index (χ3n) is 3.82. The molecule has 0 atom stereocenters. The van der Waals surface area contributed by atoms with Gasteiger partial charge in [0.05, 0.1) is 6.61 Å². The number of nitrogens with one attached hydrogen (secondary N) is 1. The molecule has 3 rings (SSSR count). The zero-order valence-electron chi connectivity index (χ0n) is 13.8. The number of pyridine rings is 1. The fourth-order valence-electron chi connectivity index (χ4n) is 2.60. The standard InChI is InChI=1S/C19H20N2O3/c1-3-23-15-7-8-17-16(12-15)13(2)18(24-17)19(22)21-11-9-14-6-4-5-10-20-14/h4-8,10,12H,3,9,11H2,1-2H3,(H,21,22). The van der Waals surface area contributed by atoms with Crippen LogP contribution in [0, 0.1) is 6.92 Å². The second kappa shape index (κ2) is 7.17. The average molecular weight is 324 g/mol. The highest BCUT2D eigenvalue weighted by Gasteiger charge is 2.17. The number of hydrogen-bond donors (Lipinski definition) is 1. The van der Waals surface area contributed by atoms with E-state index in [1.165, 1.54) is 0 Å². The van der Waals surface area contributed by atoms with E-state index in [1.54, 1.807) is 6.20 Å². The van der Waals surface area contributed by atoms with Crippen LogP contribution in [-0.2, 0) is 6.42 Å². The molecule has 5 heteroatoms. The van der Waals surface area contributed by atoms with Gasteiger partial charge in [-0.25, -0.2) is 0 Å². The molecule has 3 aromatic rings. The summed E-state index contributed by atoms with van der Waals surface area (Å²) >= 11 is 0. The molecule has 124 valence electrons. The lowest BCUT2D eigenvalue weighted by Gasteiger charge is -2.03. The Morgan fingerprint density at radius 1 is 1.29 bits per heavy atom. The third-order valence-corrected chi connectivity index (χ3v) is 3.82. The van der Waals surface area contributed by atoms with Gasteiger partial charge in [-0.1, -0.05) is 6.07 Å². The Hall–Kier alpha value is -2.82. The van der Waals surface area contributed by atoms with Crippen molar-refractivity contribution in [3.05, 3.63) is 59.6 Å². The molecule has 0 aliphatic rings. The van der Waals surface area contributed by atoms with Crippen molar-refractivity contribution in [3.8, 4) is 5.75 Å². The first kappa shape index (κ1) is 16.1. The summed E-state index contributed by atoms with van der Waals surface area (Å²) in [6.45, 7) is 4.93. The molecule has 2 aromatic heterocycles. The Balaban J connectivity index is 1.71. The SMILES string of the molecule is CCOc1ccc2oc(C(=O)NCCc3ccccn3)c(C)c2c1. The van der Waals surface area contributed by atoms with Gasteiger partial charge in [0.2, 0.25) is 0 Å². The lowest BCUT2D eigenvalue weighted by atomic mass is 10.1. The minimum Gasteiger partial charge on any atom is -0.494 e. The predicted octanol–water partition coefficient (Wildman–Crippen LogP) is 3.51. The summed E-state index contributed by atoms with van der Waals surface area (Å²) in [6.07, 6.45) is 2.43. The molecule has 1 N–H and O–H groups in total. The minimum atomic E-state index is -0.211. The number of carbonyl (C=O) groups excluding carboxylic acids is 1. The van der Waals surface area contributed by atoms with Gasteiger partial charge in [0, 0.05) is 35.8 Å². The molecule has 2 heterocycles. The van der Waals surface area contributed by atoms with Crippen LogP contribution in [0.3, 0.4) is 0 Å². The zero-order valence-corrected chi connectivity index (χ0v) is 13.8. The quantitative estimate of drug-likeness (QED) is 0.753. The largest absolute Gasteiger partial charge is 0.494 e. The van der Waals surface area contributed by atoms with E-state index in [1.807, 2.05) is 50.2 Å². The van der Waals surface area contributed by atoms with Crippen LogP contribution in [0.5, 0.6) is 5.75 Å². The predicted molar refractivity (Wildman–Crippen MR) is 92.4 cm³/mol. The summed E-state index contributed by atoms with van der Waals surface area (Å²) in [4.78, 5) is 16.6. The normalized spacial score (nSPS) is 10.8. The molecule has 0 unspecified atom stereocenters. The lowest BCUT2D eigenvalue weighted by Crippen LogP contribution is -2.26. The molecular formula is C19H20N2O3. The number of aromatic nitrogens is 1. The molecule has 0 bridgehead atoms. The van der Waals surface area contributed by atoms with Crippen LogP contribution in [0.25, 0.3) is 11.0 Å². The maximum absolute atomic E-state index is 12.4. The van der Waals surface area contributed by atoms with E-state index in [9.17, 15) is 4.79 Å². The summed E-state index contributed by atoms with van der Waals surface area (Å²) in [5, 5.41) is 3.78. The van der Waals surface area contributed by atoms with Gasteiger partial charge in [-0.3, -0.25) is 9.78 Å². The minimum absolute atomic E-state index is 0.211. The van der Waals surface area contributed by atoms with E-state index in [0.29, 0.717) is 30.9 Å². The number of amides is 1. The number of aryl methyl sites for hydroxylation is 1. The molecule has 0 radical (unpaired) electrons. The number of furan rings is 1. The monoisotopic (exact) mass is 324 g/mol. The van der Waals surface area contributed by atoms with Gasteiger partial charge in [0.25, 0.3) is 5.91 Å². The maximum atomic E-state index is 12.4. The van der Waals surface area contributed by atoms with Crippen LogP contribution >= 0.6 is 0 Å². The molecule has 0 fully saturated rings. The van der Waals surface area contributed by atoms with E-state index < -0.39 is 0 Å². The Bertz CT molecular complexity index is 840. The van der Waals surface area contributed by atoms with Gasteiger partial charge in [-0.15, -0.1) is 0 Å². The van der Waals surface area contributed by atoms with Crippen LogP contribution < -0.4 is 10.1 Å². The van der Waals surface area contributed by atoms with Gasteiger partial charge < -0.3 is 14.5 Å². The summed E-state index contributed by atoms with van der Waals surface area (Å²) in [5.74, 6) is 0.910. The first-order valence-corrected chi connectivity index (χ1v) is 8.03. The van der Waals surface area contributed by atoms with Crippen LogP contribution in [0.1, 0.15) is 28.7 Å². The van der Waals surface area contributed by atoms with Crippen molar-refractivity contribution in [2.45, 2.75) is 20.3 Å². The Morgan fingerprint density at radius 3 is 2.92 bits per heavy atom. The second-order valence-electron chi connectivity index (χ2n) is 5.47. The van der Waals surface area contributed by atoms with Crippen molar-refractivity contribution in [1.29, 1.82) is 0 Å². The molecule has 0 spiro atoms. The first-order valence-electron chi connectivity index (χ1n) is 8.03. The molecule has 1 aromatic carbocycles. The summed E-state index contributed by atoms with van der Waals surface area (Å²) < 4.78 is 11.2. The molecule has 24 heavy (non-hydrogen) atoms. The number of ether oxygens (including phenoxy) is 1. The van der Waals surface area contributed by atoms with Crippen molar-refractivity contribution >= 4 is 16.9 Å². The molecule has 1 amide bonds. The number of rotatable bonds is 6. The topological polar surface area (TPSA) is 64.4 Å². The van der Waals surface area contributed by atoms with Crippen LogP contribution in [-0.4, -0.2) is 24.0 Å². The number of hydrogen-bond acceptors (Lipinski definition) is 4. The molecule has 0 saturated carbocycles. The van der Waals surface area contributed by atoms with Crippen LogP contribution in [0.2, 0.25) is 0 Å². The van der Waals surface area contributed by atoms with Gasteiger partial charge in [-0.05, 0) is 44.2 Å². The van der Waals surface area contributed by atoms with E-state index in [-0.39, 0.29) is 5.91 Å². The highest BCUT2D eigenvalue weighted by atomic mass is 16.5. The van der Waals surface area contributed by atoms with E-state index in [4.69, 9.17) is 9.15 Å². The van der Waals surface area contributed by atoms with Gasteiger partial charge in [0.1, 0.15) is 11.3 Å². The van der Waals surface area contributed by atoms with Gasteiger partial charge in [0.15, 0.2) is 5.76 Å². The van der Waals surface area contributed by atoms with Gasteiger partial charge in [-0.2, -0.15) is 0 Å².